The molecule has 0 aliphatic rings. The van der Waals surface area contributed by atoms with E-state index in [2.05, 4.69) is 53.4 Å². The average molecular weight is 310 g/mol. The first-order valence-electron chi connectivity index (χ1n) is 6.77. The maximum Gasteiger partial charge on any atom is 0.185 e. The fraction of sp³-hybridized carbons (Fsp3) is 0.571. The molecule has 0 saturated heterocycles. The van der Waals surface area contributed by atoms with Gasteiger partial charge in [-0.3, -0.25) is 0 Å². The Morgan fingerprint density at radius 2 is 2.05 bits per heavy atom. The number of anilines is 1. The van der Waals surface area contributed by atoms with Crippen LogP contribution >= 0.6 is 22.7 Å². The lowest BCUT2D eigenvalue weighted by Gasteiger charge is -2.13. The molecule has 0 bridgehead atoms. The van der Waals surface area contributed by atoms with Gasteiger partial charge in [-0.05, 0) is 13.8 Å². The highest BCUT2D eigenvalue weighted by Crippen LogP contribution is 2.26. The molecule has 0 unspecified atom stereocenters. The molecule has 110 valence electrons. The molecule has 20 heavy (non-hydrogen) atoms. The number of rotatable bonds is 6. The quantitative estimate of drug-likeness (QED) is 0.888. The molecule has 2 aromatic rings. The zero-order valence-electron chi connectivity index (χ0n) is 12.7. The summed E-state index contributed by atoms with van der Waals surface area (Å²) in [5.41, 5.74) is 2.24. The largest absolute Gasteiger partial charge is 0.345 e. The zero-order chi connectivity index (χ0) is 14.7. The summed E-state index contributed by atoms with van der Waals surface area (Å²) in [6, 6.07) is 0.496. The molecule has 2 rings (SSSR count). The Morgan fingerprint density at radius 1 is 1.30 bits per heavy atom. The van der Waals surface area contributed by atoms with Crippen LogP contribution in [0.3, 0.4) is 0 Å². The van der Waals surface area contributed by atoms with E-state index in [9.17, 15) is 0 Å². The second-order valence-corrected chi connectivity index (χ2v) is 7.38. The van der Waals surface area contributed by atoms with E-state index in [4.69, 9.17) is 0 Å². The third-order valence-corrected chi connectivity index (χ3v) is 5.04. The van der Waals surface area contributed by atoms with Crippen LogP contribution < -0.4 is 10.2 Å². The molecule has 0 fully saturated rings. The van der Waals surface area contributed by atoms with Gasteiger partial charge in [-0.15, -0.1) is 22.7 Å². The highest BCUT2D eigenvalue weighted by atomic mass is 32.1. The number of hydrogen-bond donors (Lipinski definition) is 1. The lowest BCUT2D eigenvalue weighted by atomic mass is 10.3. The van der Waals surface area contributed by atoms with Crippen LogP contribution in [-0.4, -0.2) is 23.1 Å². The van der Waals surface area contributed by atoms with E-state index < -0.39 is 0 Å². The molecule has 2 heterocycles. The Kier molecular flexibility index (Phi) is 5.12. The van der Waals surface area contributed by atoms with Gasteiger partial charge >= 0.3 is 0 Å². The zero-order valence-corrected chi connectivity index (χ0v) is 14.4. The van der Waals surface area contributed by atoms with E-state index >= 15 is 0 Å². The third-order valence-electron chi connectivity index (χ3n) is 2.94. The second kappa shape index (κ2) is 6.65. The molecule has 0 atom stereocenters. The monoisotopic (exact) mass is 310 g/mol. The summed E-state index contributed by atoms with van der Waals surface area (Å²) in [5.74, 6) is 0. The Hall–Kier alpha value is -0.980. The van der Waals surface area contributed by atoms with E-state index in [-0.39, 0.29) is 0 Å². The van der Waals surface area contributed by atoms with Crippen LogP contribution in [0.4, 0.5) is 5.13 Å². The number of nitrogens with one attached hydrogen (secondary N) is 1. The standard InChI is InChI=1S/C14H22N4S2/c1-9(2)15-6-13-10(3)16-14(20-13)18(5)7-12-8-19-11(4)17-12/h8-9,15H,6-7H2,1-5H3. The van der Waals surface area contributed by atoms with Gasteiger partial charge in [0.25, 0.3) is 0 Å². The first kappa shape index (κ1) is 15.4. The summed E-state index contributed by atoms with van der Waals surface area (Å²) in [4.78, 5) is 12.7. The number of aryl methyl sites for hydroxylation is 2. The molecule has 0 saturated carbocycles. The van der Waals surface area contributed by atoms with Crippen molar-refractivity contribution in [2.75, 3.05) is 11.9 Å². The summed E-state index contributed by atoms with van der Waals surface area (Å²) in [6.45, 7) is 10.1. The van der Waals surface area contributed by atoms with Crippen LogP contribution in [0.2, 0.25) is 0 Å². The van der Waals surface area contributed by atoms with Crippen LogP contribution in [0.1, 0.15) is 35.1 Å². The number of aromatic nitrogens is 2. The van der Waals surface area contributed by atoms with Crippen molar-refractivity contribution in [3.63, 3.8) is 0 Å². The van der Waals surface area contributed by atoms with Gasteiger partial charge < -0.3 is 10.2 Å². The molecule has 0 radical (unpaired) electrons. The molecule has 0 amide bonds. The number of thiazole rings is 2. The van der Waals surface area contributed by atoms with E-state index in [1.807, 2.05) is 6.92 Å². The molecule has 6 heteroatoms. The molecule has 4 nitrogen and oxygen atoms in total. The lowest BCUT2D eigenvalue weighted by Crippen LogP contribution is -2.21. The van der Waals surface area contributed by atoms with Crippen LogP contribution in [0, 0.1) is 13.8 Å². The van der Waals surface area contributed by atoms with E-state index in [1.165, 1.54) is 4.88 Å². The van der Waals surface area contributed by atoms with Crippen LogP contribution in [0.25, 0.3) is 0 Å². The summed E-state index contributed by atoms with van der Waals surface area (Å²) in [7, 11) is 2.08. The van der Waals surface area contributed by atoms with Crippen molar-refractivity contribution in [2.45, 2.75) is 46.8 Å². The molecule has 1 N–H and O–H groups in total. The van der Waals surface area contributed by atoms with Crippen molar-refractivity contribution in [1.29, 1.82) is 0 Å². The second-order valence-electron chi connectivity index (χ2n) is 5.25. The highest BCUT2D eigenvalue weighted by molar-refractivity contribution is 7.15. The van der Waals surface area contributed by atoms with Crippen molar-refractivity contribution in [3.8, 4) is 0 Å². The molecule has 0 spiro atoms. The summed E-state index contributed by atoms with van der Waals surface area (Å²) >= 11 is 3.46. The van der Waals surface area contributed by atoms with Gasteiger partial charge in [-0.2, -0.15) is 0 Å². The minimum atomic E-state index is 0.496. The van der Waals surface area contributed by atoms with Gasteiger partial charge in [0.1, 0.15) is 0 Å². The molecule has 0 aliphatic heterocycles. The molecular weight excluding hydrogens is 288 g/mol. The topological polar surface area (TPSA) is 41.1 Å². The lowest BCUT2D eigenvalue weighted by molar-refractivity contribution is 0.591. The van der Waals surface area contributed by atoms with E-state index in [0.717, 1.165) is 34.6 Å². The van der Waals surface area contributed by atoms with Gasteiger partial charge in [0.2, 0.25) is 0 Å². The number of hydrogen-bond acceptors (Lipinski definition) is 6. The minimum absolute atomic E-state index is 0.496. The Morgan fingerprint density at radius 3 is 2.65 bits per heavy atom. The fourth-order valence-corrected chi connectivity index (χ4v) is 3.40. The number of nitrogens with zero attached hydrogens (tertiary/aromatic N) is 3. The van der Waals surface area contributed by atoms with Crippen LogP contribution in [-0.2, 0) is 13.1 Å². The van der Waals surface area contributed by atoms with Gasteiger partial charge in [0.15, 0.2) is 5.13 Å². The van der Waals surface area contributed by atoms with Gasteiger partial charge in [-0.1, -0.05) is 13.8 Å². The maximum absolute atomic E-state index is 4.67. The smallest absolute Gasteiger partial charge is 0.185 e. The average Bonchev–Trinajstić information content (AvgIpc) is 2.93. The Labute approximate surface area is 128 Å². The predicted octanol–water partition coefficient (Wildman–Crippen LogP) is 3.35. The minimum Gasteiger partial charge on any atom is -0.345 e. The predicted molar refractivity (Wildman–Crippen MR) is 87.8 cm³/mol. The van der Waals surface area contributed by atoms with Crippen LogP contribution in [0.15, 0.2) is 5.38 Å². The molecule has 0 aliphatic carbocycles. The molecule has 0 aromatic carbocycles. The third kappa shape index (κ3) is 4.01. The van der Waals surface area contributed by atoms with Gasteiger partial charge in [0.05, 0.1) is 22.9 Å². The SMILES string of the molecule is Cc1nc(CN(C)c2nc(C)c(CNC(C)C)s2)cs1. The summed E-state index contributed by atoms with van der Waals surface area (Å²) < 4.78 is 0. The molecule has 2 aromatic heterocycles. The first-order chi connectivity index (χ1) is 9.45. The van der Waals surface area contributed by atoms with E-state index in [0.29, 0.717) is 6.04 Å². The van der Waals surface area contributed by atoms with Crippen molar-refractivity contribution in [2.24, 2.45) is 0 Å². The van der Waals surface area contributed by atoms with Crippen molar-refractivity contribution < 1.29 is 0 Å². The van der Waals surface area contributed by atoms with Crippen molar-refractivity contribution in [3.05, 3.63) is 26.7 Å². The highest BCUT2D eigenvalue weighted by Gasteiger charge is 2.12. The summed E-state index contributed by atoms with van der Waals surface area (Å²) in [6.07, 6.45) is 0. The van der Waals surface area contributed by atoms with Crippen molar-refractivity contribution in [1.82, 2.24) is 15.3 Å². The van der Waals surface area contributed by atoms with Gasteiger partial charge in [-0.25, -0.2) is 9.97 Å². The van der Waals surface area contributed by atoms with Crippen LogP contribution in [0.5, 0.6) is 0 Å². The van der Waals surface area contributed by atoms with E-state index in [1.54, 1.807) is 22.7 Å². The van der Waals surface area contributed by atoms with Crippen molar-refractivity contribution >= 4 is 27.8 Å². The Bertz CT molecular complexity index is 559. The normalized spacial score (nSPS) is 11.3. The van der Waals surface area contributed by atoms with Gasteiger partial charge in [0, 0.05) is 29.9 Å². The fourth-order valence-electron chi connectivity index (χ4n) is 1.83. The Balaban J connectivity index is 2.03. The first-order valence-corrected chi connectivity index (χ1v) is 8.47. The molecular formula is C14H22N4S2. The maximum atomic E-state index is 4.67. The summed E-state index contributed by atoms with van der Waals surface area (Å²) in [5, 5.41) is 7.75.